The van der Waals surface area contributed by atoms with Crippen molar-refractivity contribution in [2.45, 2.75) is 29.9 Å². The maximum absolute atomic E-state index is 12.8. The molecule has 0 saturated carbocycles. The Morgan fingerprint density at radius 3 is 2.43 bits per heavy atom. The van der Waals surface area contributed by atoms with Crippen molar-refractivity contribution in [3.05, 3.63) is 30.1 Å². The summed E-state index contributed by atoms with van der Waals surface area (Å²) in [5.74, 6) is -0.798. The van der Waals surface area contributed by atoms with Gasteiger partial charge in [-0.05, 0) is 51.2 Å². The van der Waals surface area contributed by atoms with Crippen molar-refractivity contribution in [1.82, 2.24) is 10.6 Å². The van der Waals surface area contributed by atoms with Crippen LogP contribution in [0.5, 0.6) is 0 Å². The second-order valence-electron chi connectivity index (χ2n) is 4.82. The highest BCUT2D eigenvalue weighted by atomic mass is 32.2. The number of nitrogens with one attached hydrogen (secondary N) is 2. The summed E-state index contributed by atoms with van der Waals surface area (Å²) < 4.78 is 37.3. The number of halogens is 1. The molecule has 0 bridgehead atoms. The van der Waals surface area contributed by atoms with E-state index in [0.717, 1.165) is 25.1 Å². The summed E-state index contributed by atoms with van der Waals surface area (Å²) in [5.41, 5.74) is 0. The van der Waals surface area contributed by atoms with Gasteiger partial charge in [-0.15, -0.1) is 0 Å². The minimum Gasteiger partial charge on any atom is -0.356 e. The average molecular weight is 316 g/mol. The Morgan fingerprint density at radius 2 is 1.86 bits per heavy atom. The van der Waals surface area contributed by atoms with Gasteiger partial charge in [0, 0.05) is 13.0 Å². The summed E-state index contributed by atoms with van der Waals surface area (Å²) in [6.07, 6.45) is 0.667. The first-order chi connectivity index (χ1) is 9.87. The lowest BCUT2D eigenvalue weighted by Crippen LogP contribution is -2.31. The molecule has 1 aromatic carbocycles. The molecule has 0 spiro atoms. The van der Waals surface area contributed by atoms with Gasteiger partial charge in [0.25, 0.3) is 0 Å². The van der Waals surface area contributed by atoms with E-state index in [0.29, 0.717) is 6.54 Å². The quantitative estimate of drug-likeness (QED) is 0.556. The molecule has 21 heavy (non-hydrogen) atoms. The largest absolute Gasteiger partial charge is 0.356 e. The Bertz CT molecular complexity index is 558. The van der Waals surface area contributed by atoms with Gasteiger partial charge >= 0.3 is 0 Å². The van der Waals surface area contributed by atoms with Crippen molar-refractivity contribution in [3.8, 4) is 0 Å². The van der Waals surface area contributed by atoms with E-state index >= 15 is 0 Å². The molecule has 1 rings (SSSR count). The van der Waals surface area contributed by atoms with Crippen LogP contribution in [0.15, 0.2) is 29.2 Å². The van der Waals surface area contributed by atoms with E-state index in [9.17, 15) is 17.6 Å². The van der Waals surface area contributed by atoms with E-state index in [4.69, 9.17) is 0 Å². The first-order valence-corrected chi connectivity index (χ1v) is 8.33. The van der Waals surface area contributed by atoms with Crippen LogP contribution >= 0.6 is 0 Å². The predicted octanol–water partition coefficient (Wildman–Crippen LogP) is 1.10. The highest BCUT2D eigenvalue weighted by molar-refractivity contribution is 7.92. The van der Waals surface area contributed by atoms with Gasteiger partial charge < -0.3 is 10.6 Å². The molecule has 1 unspecified atom stereocenters. The molecule has 1 aromatic rings. The fourth-order valence-electron chi connectivity index (χ4n) is 1.79. The molecule has 0 radical (unpaired) electrons. The van der Waals surface area contributed by atoms with Crippen LogP contribution in [0, 0.1) is 5.82 Å². The van der Waals surface area contributed by atoms with Gasteiger partial charge in [-0.2, -0.15) is 0 Å². The average Bonchev–Trinajstić information content (AvgIpc) is 2.44. The molecule has 5 nitrogen and oxygen atoms in total. The van der Waals surface area contributed by atoms with Crippen molar-refractivity contribution in [2.24, 2.45) is 0 Å². The molecule has 0 aliphatic rings. The number of sulfone groups is 1. The highest BCUT2D eigenvalue weighted by Gasteiger charge is 2.25. The molecule has 0 fully saturated rings. The molecular formula is C14H21FN2O3S. The summed E-state index contributed by atoms with van der Waals surface area (Å²) >= 11 is 0. The monoisotopic (exact) mass is 316 g/mol. The highest BCUT2D eigenvalue weighted by Crippen LogP contribution is 2.18. The third-order valence-electron chi connectivity index (χ3n) is 3.07. The first kappa shape index (κ1) is 17.6. The van der Waals surface area contributed by atoms with Gasteiger partial charge in [-0.25, -0.2) is 12.8 Å². The summed E-state index contributed by atoms with van der Waals surface area (Å²) in [6, 6.07) is 4.62. The number of benzene rings is 1. The van der Waals surface area contributed by atoms with Crippen LogP contribution < -0.4 is 10.6 Å². The van der Waals surface area contributed by atoms with Gasteiger partial charge in [-0.1, -0.05) is 0 Å². The smallest absolute Gasteiger partial charge is 0.221 e. The van der Waals surface area contributed by atoms with Crippen LogP contribution in [0.1, 0.15) is 19.8 Å². The number of hydrogen-bond donors (Lipinski definition) is 2. The van der Waals surface area contributed by atoms with E-state index in [1.165, 1.54) is 19.1 Å². The SMILES string of the molecule is CNCCCNC(=O)CC(C)S(=O)(=O)c1ccc(F)cc1. The van der Waals surface area contributed by atoms with Crippen LogP contribution in [0.25, 0.3) is 0 Å². The molecule has 1 atom stereocenters. The number of carbonyl (C=O) groups excluding carboxylic acids is 1. The maximum atomic E-state index is 12.8. The van der Waals surface area contributed by atoms with Gasteiger partial charge in [0.2, 0.25) is 5.91 Å². The van der Waals surface area contributed by atoms with E-state index < -0.39 is 20.9 Å². The summed E-state index contributed by atoms with van der Waals surface area (Å²) in [5, 5.41) is 4.78. The lowest BCUT2D eigenvalue weighted by atomic mass is 10.3. The van der Waals surface area contributed by atoms with Crippen molar-refractivity contribution in [1.29, 1.82) is 0 Å². The standard InChI is InChI=1S/C14H21FN2O3S/c1-11(10-14(18)17-9-3-8-16-2)21(19,20)13-6-4-12(15)5-7-13/h4-7,11,16H,3,8-10H2,1-2H3,(H,17,18). The van der Waals surface area contributed by atoms with E-state index in [2.05, 4.69) is 10.6 Å². The second-order valence-corrected chi connectivity index (χ2v) is 7.19. The van der Waals surface area contributed by atoms with Gasteiger partial charge in [0.1, 0.15) is 5.82 Å². The molecule has 0 aliphatic heterocycles. The summed E-state index contributed by atoms with van der Waals surface area (Å²) in [7, 11) is -1.81. The van der Waals surface area contributed by atoms with E-state index in [1.807, 2.05) is 7.05 Å². The Balaban J connectivity index is 2.59. The van der Waals surface area contributed by atoms with Crippen LogP contribution in [-0.4, -0.2) is 39.7 Å². The predicted molar refractivity (Wildman–Crippen MR) is 79.2 cm³/mol. The lowest BCUT2D eigenvalue weighted by molar-refractivity contribution is -0.121. The fourth-order valence-corrected chi connectivity index (χ4v) is 3.14. The van der Waals surface area contributed by atoms with Crippen LogP contribution in [-0.2, 0) is 14.6 Å². The van der Waals surface area contributed by atoms with Gasteiger partial charge in [0.05, 0.1) is 10.1 Å². The number of rotatable bonds is 8. The van der Waals surface area contributed by atoms with Crippen molar-refractivity contribution in [2.75, 3.05) is 20.1 Å². The number of carbonyl (C=O) groups is 1. The van der Waals surface area contributed by atoms with Crippen LogP contribution in [0.4, 0.5) is 4.39 Å². The normalized spacial score (nSPS) is 12.9. The Labute approximate surface area is 124 Å². The van der Waals surface area contributed by atoms with Gasteiger partial charge in [-0.3, -0.25) is 4.79 Å². The van der Waals surface area contributed by atoms with Crippen LogP contribution in [0.2, 0.25) is 0 Å². The molecule has 0 heterocycles. The van der Waals surface area contributed by atoms with Crippen LogP contribution in [0.3, 0.4) is 0 Å². The Morgan fingerprint density at radius 1 is 1.24 bits per heavy atom. The molecule has 0 saturated heterocycles. The summed E-state index contributed by atoms with van der Waals surface area (Å²) in [4.78, 5) is 11.7. The molecule has 7 heteroatoms. The lowest BCUT2D eigenvalue weighted by Gasteiger charge is -2.13. The Kier molecular flexibility index (Phi) is 6.77. The topological polar surface area (TPSA) is 75.3 Å². The zero-order chi connectivity index (χ0) is 15.9. The molecule has 1 amide bonds. The third-order valence-corrected chi connectivity index (χ3v) is 5.23. The molecule has 118 valence electrons. The first-order valence-electron chi connectivity index (χ1n) is 6.78. The number of hydrogen-bond acceptors (Lipinski definition) is 4. The third kappa shape index (κ3) is 5.43. The van der Waals surface area contributed by atoms with Crippen molar-refractivity contribution >= 4 is 15.7 Å². The molecule has 2 N–H and O–H groups in total. The maximum Gasteiger partial charge on any atom is 0.221 e. The zero-order valence-corrected chi connectivity index (χ0v) is 13.0. The Hall–Kier alpha value is -1.47. The second kappa shape index (κ2) is 8.09. The minimum absolute atomic E-state index is 0.0272. The number of amides is 1. The van der Waals surface area contributed by atoms with E-state index in [-0.39, 0.29) is 17.2 Å². The fraction of sp³-hybridized carbons (Fsp3) is 0.500. The zero-order valence-electron chi connectivity index (χ0n) is 12.2. The van der Waals surface area contributed by atoms with Crippen molar-refractivity contribution in [3.63, 3.8) is 0 Å². The summed E-state index contributed by atoms with van der Waals surface area (Å²) in [6.45, 7) is 2.76. The molecule has 0 aromatic heterocycles. The minimum atomic E-state index is -3.63. The van der Waals surface area contributed by atoms with E-state index in [1.54, 1.807) is 0 Å². The molecule has 0 aliphatic carbocycles. The molecular weight excluding hydrogens is 295 g/mol. The van der Waals surface area contributed by atoms with Crippen molar-refractivity contribution < 1.29 is 17.6 Å². The van der Waals surface area contributed by atoms with Gasteiger partial charge in [0.15, 0.2) is 9.84 Å².